The molecular weight excluding hydrogens is 314 g/mol. The van der Waals surface area contributed by atoms with Crippen molar-refractivity contribution < 1.29 is 9.59 Å². The molecule has 2 heterocycles. The average molecular weight is 348 g/mol. The van der Waals surface area contributed by atoms with E-state index in [1.807, 2.05) is 4.90 Å². The Hall–Kier alpha value is -1.10. The van der Waals surface area contributed by atoms with Crippen molar-refractivity contribution in [1.29, 1.82) is 0 Å². The van der Waals surface area contributed by atoms with Gasteiger partial charge in [-0.3, -0.25) is 14.5 Å². The number of nitrogens with zero attached hydrogens (tertiary/aromatic N) is 2. The van der Waals surface area contributed by atoms with Crippen molar-refractivity contribution in [3.05, 3.63) is 0 Å². The number of nitrogens with one attached hydrogen (secondary N) is 1. The summed E-state index contributed by atoms with van der Waals surface area (Å²) in [6.07, 6.45) is 12.6. The Balaban J connectivity index is 1.32. The number of carbonyl (C=O) groups is 2. The lowest BCUT2D eigenvalue weighted by molar-refractivity contribution is -0.140. The van der Waals surface area contributed by atoms with Crippen LogP contribution >= 0.6 is 0 Å². The molecule has 140 valence electrons. The molecule has 0 aromatic rings. The maximum absolute atomic E-state index is 13.1. The van der Waals surface area contributed by atoms with Gasteiger partial charge in [0.1, 0.15) is 0 Å². The van der Waals surface area contributed by atoms with Gasteiger partial charge in [-0.1, -0.05) is 19.3 Å². The summed E-state index contributed by atoms with van der Waals surface area (Å²) in [5.74, 6) is 0.477. The summed E-state index contributed by atoms with van der Waals surface area (Å²) in [6.45, 7) is 2.55. The van der Waals surface area contributed by atoms with Gasteiger partial charge in [0.25, 0.3) is 0 Å². The second-order valence-electron chi connectivity index (χ2n) is 8.59. The number of amides is 2. The van der Waals surface area contributed by atoms with Gasteiger partial charge in [0, 0.05) is 25.2 Å². The lowest BCUT2D eigenvalue weighted by Crippen LogP contribution is -2.52. The molecule has 4 aliphatic rings. The number of hydrogen-bond acceptors (Lipinski definition) is 3. The topological polar surface area (TPSA) is 52.7 Å². The molecule has 4 fully saturated rings. The molecule has 0 bridgehead atoms. The molecule has 5 heteroatoms. The van der Waals surface area contributed by atoms with Crippen LogP contribution < -0.4 is 5.32 Å². The molecule has 5 nitrogen and oxygen atoms in total. The summed E-state index contributed by atoms with van der Waals surface area (Å²) in [5.41, 5.74) is 0. The van der Waals surface area contributed by atoms with Crippen LogP contribution in [-0.4, -0.2) is 59.4 Å². The third-order valence-electron chi connectivity index (χ3n) is 6.65. The lowest BCUT2D eigenvalue weighted by Gasteiger charge is -2.36. The van der Waals surface area contributed by atoms with Crippen LogP contribution in [0.4, 0.5) is 0 Å². The molecule has 0 radical (unpaired) electrons. The predicted molar refractivity (Wildman–Crippen MR) is 97.1 cm³/mol. The smallest absolute Gasteiger partial charge is 0.239 e. The van der Waals surface area contributed by atoms with Crippen molar-refractivity contribution in [3.63, 3.8) is 0 Å². The Morgan fingerprint density at radius 3 is 2.32 bits per heavy atom. The quantitative estimate of drug-likeness (QED) is 0.849. The molecule has 0 aromatic heterocycles. The minimum Gasteiger partial charge on any atom is -0.353 e. The van der Waals surface area contributed by atoms with Crippen LogP contribution in [0.1, 0.15) is 70.6 Å². The third-order valence-corrected chi connectivity index (χ3v) is 6.65. The number of rotatable bonds is 4. The van der Waals surface area contributed by atoms with E-state index < -0.39 is 0 Å². The average Bonchev–Trinajstić information content (AvgIpc) is 3.38. The maximum Gasteiger partial charge on any atom is 0.239 e. The zero-order valence-electron chi connectivity index (χ0n) is 15.4. The highest BCUT2D eigenvalue weighted by Gasteiger charge is 2.42. The molecule has 0 unspecified atom stereocenters. The fourth-order valence-corrected chi connectivity index (χ4v) is 5.07. The Morgan fingerprint density at radius 1 is 0.800 bits per heavy atom. The van der Waals surface area contributed by atoms with E-state index in [2.05, 4.69) is 10.2 Å². The van der Waals surface area contributed by atoms with Crippen molar-refractivity contribution in [3.8, 4) is 0 Å². The second kappa shape index (κ2) is 7.65. The molecular formula is C20H33N3O2. The highest BCUT2D eigenvalue weighted by molar-refractivity contribution is 5.84. The molecule has 1 N–H and O–H groups in total. The van der Waals surface area contributed by atoms with Crippen LogP contribution in [0.25, 0.3) is 0 Å². The van der Waals surface area contributed by atoms with Gasteiger partial charge in [0.15, 0.2) is 0 Å². The van der Waals surface area contributed by atoms with Crippen LogP contribution in [0.15, 0.2) is 0 Å². The molecule has 2 aliphatic heterocycles. The number of likely N-dealkylation sites (tertiary alicyclic amines) is 2. The van der Waals surface area contributed by atoms with Crippen LogP contribution in [0.2, 0.25) is 0 Å². The lowest BCUT2D eigenvalue weighted by atomic mass is 9.92. The van der Waals surface area contributed by atoms with E-state index in [0.717, 1.165) is 51.6 Å². The van der Waals surface area contributed by atoms with E-state index in [-0.39, 0.29) is 17.9 Å². The second-order valence-corrected chi connectivity index (χ2v) is 8.59. The standard InChI is InChI=1S/C20H33N3O2/c24-19(21-16-7-2-1-3-8-16)15-6-4-12-22(14-15)20(25)18-9-5-13-23(18)17-10-11-17/h15-18H,1-14H2,(H,21,24)/t15-,18+/m0/s1. The van der Waals surface area contributed by atoms with Gasteiger partial charge in [-0.05, 0) is 57.9 Å². The summed E-state index contributed by atoms with van der Waals surface area (Å²) in [6, 6.07) is 1.12. The van der Waals surface area contributed by atoms with Crippen molar-refractivity contribution in [2.75, 3.05) is 19.6 Å². The van der Waals surface area contributed by atoms with Crippen LogP contribution in [0, 0.1) is 5.92 Å². The zero-order chi connectivity index (χ0) is 17.2. The van der Waals surface area contributed by atoms with E-state index >= 15 is 0 Å². The molecule has 2 aliphatic carbocycles. The van der Waals surface area contributed by atoms with E-state index in [9.17, 15) is 9.59 Å². The molecule has 2 saturated carbocycles. The largest absolute Gasteiger partial charge is 0.353 e. The fourth-order valence-electron chi connectivity index (χ4n) is 5.07. The first-order chi connectivity index (χ1) is 12.2. The zero-order valence-corrected chi connectivity index (χ0v) is 15.4. The molecule has 2 amide bonds. The van der Waals surface area contributed by atoms with Crippen molar-refractivity contribution in [2.24, 2.45) is 5.92 Å². The van der Waals surface area contributed by atoms with E-state index in [0.29, 0.717) is 24.5 Å². The van der Waals surface area contributed by atoms with E-state index in [1.165, 1.54) is 32.1 Å². The Morgan fingerprint density at radius 2 is 1.56 bits per heavy atom. The Labute approximate surface area is 151 Å². The molecule has 2 atom stereocenters. The summed E-state index contributed by atoms with van der Waals surface area (Å²) < 4.78 is 0. The van der Waals surface area contributed by atoms with Gasteiger partial charge in [-0.15, -0.1) is 0 Å². The van der Waals surface area contributed by atoms with Gasteiger partial charge in [0.05, 0.1) is 12.0 Å². The summed E-state index contributed by atoms with van der Waals surface area (Å²) in [7, 11) is 0. The van der Waals surface area contributed by atoms with Crippen LogP contribution in [0.5, 0.6) is 0 Å². The molecule has 0 spiro atoms. The highest BCUT2D eigenvalue weighted by atomic mass is 16.2. The van der Waals surface area contributed by atoms with Gasteiger partial charge < -0.3 is 10.2 Å². The van der Waals surface area contributed by atoms with Crippen LogP contribution in [-0.2, 0) is 9.59 Å². The summed E-state index contributed by atoms with van der Waals surface area (Å²) in [4.78, 5) is 30.2. The summed E-state index contributed by atoms with van der Waals surface area (Å²) >= 11 is 0. The molecule has 25 heavy (non-hydrogen) atoms. The molecule has 4 rings (SSSR count). The van der Waals surface area contributed by atoms with Gasteiger partial charge in [0.2, 0.25) is 11.8 Å². The van der Waals surface area contributed by atoms with E-state index in [1.54, 1.807) is 0 Å². The first-order valence-electron chi connectivity index (χ1n) is 10.6. The first kappa shape index (κ1) is 17.3. The maximum atomic E-state index is 13.1. The monoisotopic (exact) mass is 347 g/mol. The third kappa shape index (κ3) is 4.02. The molecule has 0 aromatic carbocycles. The highest BCUT2D eigenvalue weighted by Crippen LogP contribution is 2.34. The first-order valence-corrected chi connectivity index (χ1v) is 10.6. The van der Waals surface area contributed by atoms with Gasteiger partial charge >= 0.3 is 0 Å². The van der Waals surface area contributed by atoms with Crippen molar-refractivity contribution in [2.45, 2.75) is 88.8 Å². The number of hydrogen-bond donors (Lipinski definition) is 1. The van der Waals surface area contributed by atoms with Crippen LogP contribution in [0.3, 0.4) is 0 Å². The predicted octanol–water partition coefficient (Wildman–Crippen LogP) is 2.30. The van der Waals surface area contributed by atoms with Gasteiger partial charge in [-0.25, -0.2) is 0 Å². The minimum absolute atomic E-state index is 0.00426. The Bertz CT molecular complexity index is 499. The Kier molecular flexibility index (Phi) is 5.30. The number of carbonyl (C=O) groups excluding carboxylic acids is 2. The van der Waals surface area contributed by atoms with Crippen molar-refractivity contribution in [1.82, 2.24) is 15.1 Å². The van der Waals surface area contributed by atoms with E-state index in [4.69, 9.17) is 0 Å². The molecule has 2 saturated heterocycles. The summed E-state index contributed by atoms with van der Waals surface area (Å²) in [5, 5.41) is 3.27. The van der Waals surface area contributed by atoms with Crippen molar-refractivity contribution >= 4 is 11.8 Å². The van der Waals surface area contributed by atoms with Gasteiger partial charge in [-0.2, -0.15) is 0 Å². The normalized spacial score (nSPS) is 31.9. The minimum atomic E-state index is -0.00426. The fraction of sp³-hybridized carbons (Fsp3) is 0.900. The number of piperidine rings is 1. The SMILES string of the molecule is O=C(NC1CCCCC1)[C@H]1CCCN(C(=O)[C@H]2CCCN2C2CC2)C1.